The zero-order valence-electron chi connectivity index (χ0n) is 17.4. The van der Waals surface area contributed by atoms with Gasteiger partial charge in [0, 0.05) is 16.8 Å². The minimum absolute atomic E-state index is 0.159. The Morgan fingerprint density at radius 3 is 2.41 bits per heavy atom. The molecule has 1 N–H and O–H groups in total. The molecule has 0 unspecified atom stereocenters. The minimum atomic E-state index is -1.22. The van der Waals surface area contributed by atoms with Crippen molar-refractivity contribution in [3.8, 4) is 0 Å². The predicted molar refractivity (Wildman–Crippen MR) is 110 cm³/mol. The number of carboxylic acids is 1. The Morgan fingerprint density at radius 2 is 1.83 bits per heavy atom. The summed E-state index contributed by atoms with van der Waals surface area (Å²) in [4.78, 5) is 37.9. The number of fused-ring (bicyclic) bond motifs is 1. The topological polar surface area (TPSA) is 95.5 Å². The molecule has 7 heteroatoms. The smallest absolute Gasteiger partial charge is 0.341 e. The standard InChI is InChI=1S/C22H29NO5S/c1-22(2,3)12-9-10-15-16(11-12)29-19(17(15)21(27)28-4)23-18(24)13-7-5-6-8-14(13)20(25)26/h5-6,12-14H,7-11H2,1-4H3,(H,23,24)(H,25,26)/p-1/t12-,13-,14+/m1/s1. The van der Waals surface area contributed by atoms with E-state index in [0.717, 1.165) is 29.7 Å². The maximum Gasteiger partial charge on any atom is 0.341 e. The molecule has 158 valence electrons. The van der Waals surface area contributed by atoms with Crippen LogP contribution >= 0.6 is 11.3 Å². The highest BCUT2D eigenvalue weighted by Gasteiger charge is 2.36. The number of anilines is 1. The molecule has 2 aliphatic rings. The fraction of sp³-hybridized carbons (Fsp3) is 0.591. The van der Waals surface area contributed by atoms with E-state index >= 15 is 0 Å². The normalized spacial score (nSPS) is 23.9. The number of carbonyl (C=O) groups excluding carboxylic acids is 3. The first-order chi connectivity index (χ1) is 13.6. The van der Waals surface area contributed by atoms with Crippen LogP contribution in [0.5, 0.6) is 0 Å². The fourth-order valence-corrected chi connectivity index (χ4v) is 5.62. The van der Waals surface area contributed by atoms with E-state index in [2.05, 4.69) is 26.1 Å². The van der Waals surface area contributed by atoms with Crippen LogP contribution in [0.4, 0.5) is 5.00 Å². The molecule has 0 saturated heterocycles. The number of nitrogens with one attached hydrogen (secondary N) is 1. The second-order valence-electron chi connectivity index (χ2n) is 8.97. The molecular formula is C22H28NO5S-. The lowest BCUT2D eigenvalue weighted by Crippen LogP contribution is -2.41. The minimum Gasteiger partial charge on any atom is -0.550 e. The van der Waals surface area contributed by atoms with Crippen molar-refractivity contribution in [3.05, 3.63) is 28.2 Å². The maximum absolute atomic E-state index is 12.9. The number of methoxy groups -OCH3 is 1. The van der Waals surface area contributed by atoms with Gasteiger partial charge in [-0.1, -0.05) is 32.9 Å². The quantitative estimate of drug-likeness (QED) is 0.599. The lowest BCUT2D eigenvalue weighted by molar-refractivity contribution is -0.313. The number of amides is 1. The Hall–Kier alpha value is -2.15. The number of allylic oxidation sites excluding steroid dienone is 2. The lowest BCUT2D eigenvalue weighted by Gasteiger charge is -2.33. The Bertz CT molecular complexity index is 848. The molecule has 0 fully saturated rings. The monoisotopic (exact) mass is 418 g/mol. The number of esters is 1. The van der Waals surface area contributed by atoms with Gasteiger partial charge in [0.2, 0.25) is 5.91 Å². The molecule has 6 nitrogen and oxygen atoms in total. The molecule has 1 aromatic heterocycles. The second kappa shape index (κ2) is 8.30. The average Bonchev–Trinajstić information content (AvgIpc) is 3.03. The first kappa shape index (κ1) is 21.6. The van der Waals surface area contributed by atoms with E-state index in [9.17, 15) is 19.5 Å². The van der Waals surface area contributed by atoms with Gasteiger partial charge >= 0.3 is 5.97 Å². The summed E-state index contributed by atoms with van der Waals surface area (Å²) in [6.45, 7) is 6.66. The van der Waals surface area contributed by atoms with E-state index in [0.29, 0.717) is 22.9 Å². The van der Waals surface area contributed by atoms with Gasteiger partial charge in [0.15, 0.2) is 0 Å². The van der Waals surface area contributed by atoms with Gasteiger partial charge in [0.1, 0.15) is 5.00 Å². The van der Waals surface area contributed by atoms with E-state index in [1.54, 1.807) is 6.08 Å². The largest absolute Gasteiger partial charge is 0.550 e. The van der Waals surface area contributed by atoms with Gasteiger partial charge < -0.3 is 20.0 Å². The molecular weight excluding hydrogens is 390 g/mol. The van der Waals surface area contributed by atoms with Crippen molar-refractivity contribution in [2.24, 2.45) is 23.2 Å². The highest BCUT2D eigenvalue weighted by molar-refractivity contribution is 7.17. The summed E-state index contributed by atoms with van der Waals surface area (Å²) in [7, 11) is 1.33. The number of thiophene rings is 1. The highest BCUT2D eigenvalue weighted by atomic mass is 32.1. The molecule has 1 amide bonds. The summed E-state index contributed by atoms with van der Waals surface area (Å²) in [5, 5.41) is 14.7. The summed E-state index contributed by atoms with van der Waals surface area (Å²) < 4.78 is 4.98. The molecule has 0 aliphatic heterocycles. The van der Waals surface area contributed by atoms with Crippen LogP contribution in [0.2, 0.25) is 0 Å². The van der Waals surface area contributed by atoms with Crippen LogP contribution in [-0.4, -0.2) is 25.0 Å². The number of hydrogen-bond donors (Lipinski definition) is 1. The van der Waals surface area contributed by atoms with Gasteiger partial charge in [-0.15, -0.1) is 11.3 Å². The van der Waals surface area contributed by atoms with Gasteiger partial charge in [-0.3, -0.25) is 4.79 Å². The Balaban J connectivity index is 1.90. The Kier molecular flexibility index (Phi) is 6.17. The van der Waals surface area contributed by atoms with Crippen LogP contribution in [0.15, 0.2) is 12.2 Å². The number of rotatable bonds is 4. The van der Waals surface area contributed by atoms with Gasteiger partial charge in [-0.05, 0) is 49.0 Å². The van der Waals surface area contributed by atoms with Crippen molar-refractivity contribution in [3.63, 3.8) is 0 Å². The van der Waals surface area contributed by atoms with E-state index in [-0.39, 0.29) is 17.7 Å². The maximum atomic E-state index is 12.9. The third-order valence-corrected chi connectivity index (χ3v) is 7.36. The predicted octanol–water partition coefficient (Wildman–Crippen LogP) is 2.96. The Morgan fingerprint density at radius 1 is 1.17 bits per heavy atom. The SMILES string of the molecule is COC(=O)c1c(NC(=O)[C@@H]2CC=CC[C@@H]2C(=O)[O-])sc2c1CC[C@@H](C(C)(C)C)C2. The van der Waals surface area contributed by atoms with Gasteiger partial charge in [-0.25, -0.2) is 4.79 Å². The molecule has 0 radical (unpaired) electrons. The van der Waals surface area contributed by atoms with Crippen molar-refractivity contribution in [2.75, 3.05) is 12.4 Å². The van der Waals surface area contributed by atoms with Crippen molar-refractivity contribution in [1.82, 2.24) is 0 Å². The third kappa shape index (κ3) is 4.39. The molecule has 29 heavy (non-hydrogen) atoms. The second-order valence-corrected chi connectivity index (χ2v) is 10.1. The van der Waals surface area contributed by atoms with Crippen molar-refractivity contribution in [1.29, 1.82) is 0 Å². The number of carboxylic acid groups (broad SMARTS) is 1. The molecule has 3 atom stereocenters. The zero-order chi connectivity index (χ0) is 21.3. The van der Waals surface area contributed by atoms with Crippen LogP contribution in [0.3, 0.4) is 0 Å². The number of hydrogen-bond acceptors (Lipinski definition) is 6. The van der Waals surface area contributed by atoms with E-state index < -0.39 is 23.8 Å². The zero-order valence-corrected chi connectivity index (χ0v) is 18.2. The van der Waals surface area contributed by atoms with Crippen LogP contribution in [0.1, 0.15) is 60.8 Å². The van der Waals surface area contributed by atoms with Crippen molar-refractivity contribution >= 4 is 34.2 Å². The fourth-order valence-electron chi connectivity index (χ4n) is 4.30. The van der Waals surface area contributed by atoms with Gasteiger partial charge in [0.25, 0.3) is 0 Å². The molecule has 0 bridgehead atoms. The first-order valence-corrected chi connectivity index (χ1v) is 10.8. The first-order valence-electron chi connectivity index (χ1n) is 10.0. The summed E-state index contributed by atoms with van der Waals surface area (Å²) in [5.41, 5.74) is 1.54. The number of aliphatic carboxylic acids is 1. The number of ether oxygens (including phenoxy) is 1. The van der Waals surface area contributed by atoms with Crippen molar-refractivity contribution in [2.45, 2.75) is 52.9 Å². The number of carbonyl (C=O) groups is 3. The highest BCUT2D eigenvalue weighted by Crippen LogP contribution is 2.44. The van der Waals surface area contributed by atoms with E-state index in [4.69, 9.17) is 4.74 Å². The summed E-state index contributed by atoms with van der Waals surface area (Å²) in [5.74, 6) is -3.15. The summed E-state index contributed by atoms with van der Waals surface area (Å²) in [6, 6.07) is 0. The molecule has 0 spiro atoms. The van der Waals surface area contributed by atoms with Gasteiger partial charge in [0.05, 0.1) is 18.6 Å². The summed E-state index contributed by atoms with van der Waals surface area (Å²) >= 11 is 1.41. The van der Waals surface area contributed by atoms with Crippen LogP contribution < -0.4 is 10.4 Å². The molecule has 1 heterocycles. The molecule has 0 saturated carbocycles. The molecule has 2 aliphatic carbocycles. The lowest BCUT2D eigenvalue weighted by atomic mass is 9.72. The molecule has 1 aromatic rings. The third-order valence-electron chi connectivity index (χ3n) is 6.19. The molecule has 0 aromatic carbocycles. The molecule has 3 rings (SSSR count). The van der Waals surface area contributed by atoms with Gasteiger partial charge in [-0.2, -0.15) is 0 Å². The van der Waals surface area contributed by atoms with Crippen LogP contribution in [0.25, 0.3) is 0 Å². The van der Waals surface area contributed by atoms with Crippen LogP contribution in [-0.2, 0) is 27.2 Å². The summed E-state index contributed by atoms with van der Waals surface area (Å²) in [6.07, 6.45) is 6.80. The van der Waals surface area contributed by atoms with Crippen LogP contribution in [0, 0.1) is 23.2 Å². The Labute approximate surface area is 175 Å². The van der Waals surface area contributed by atoms with Crippen molar-refractivity contribution < 1.29 is 24.2 Å². The van der Waals surface area contributed by atoms with E-state index in [1.807, 2.05) is 6.08 Å². The van der Waals surface area contributed by atoms with E-state index in [1.165, 1.54) is 18.4 Å². The average molecular weight is 419 g/mol.